The van der Waals surface area contributed by atoms with E-state index in [1.165, 1.54) is 36.7 Å². The van der Waals surface area contributed by atoms with Crippen molar-refractivity contribution < 1.29 is 19.8 Å². The first-order valence-electron chi connectivity index (χ1n) is 4.97. The minimum absolute atomic E-state index is 0. The molecule has 6 nitrogen and oxygen atoms in total. The van der Waals surface area contributed by atoms with Crippen LogP contribution in [0.4, 0.5) is 0 Å². The van der Waals surface area contributed by atoms with Crippen molar-refractivity contribution in [1.82, 2.24) is 9.97 Å². The lowest BCUT2D eigenvalue weighted by Gasteiger charge is -2.02. The molecule has 0 bridgehead atoms. The van der Waals surface area contributed by atoms with Crippen molar-refractivity contribution in [2.75, 3.05) is 0 Å². The summed E-state index contributed by atoms with van der Waals surface area (Å²) in [7, 11) is 0. The average molecular weight is 281 g/mol. The Morgan fingerprint density at radius 1 is 0.842 bits per heavy atom. The van der Waals surface area contributed by atoms with Crippen LogP contribution in [0.5, 0.6) is 0 Å². The van der Waals surface area contributed by atoms with E-state index in [0.717, 1.165) is 0 Å². The van der Waals surface area contributed by atoms with Crippen LogP contribution in [0.2, 0.25) is 0 Å². The Morgan fingerprint density at radius 3 is 1.53 bits per heavy atom. The van der Waals surface area contributed by atoms with Crippen LogP contribution in [0.15, 0.2) is 36.7 Å². The number of aromatic carboxylic acids is 2. The monoisotopic (exact) mass is 280 g/mol. The molecule has 0 amide bonds. The summed E-state index contributed by atoms with van der Waals surface area (Å²) in [6.07, 6.45) is 2.68. The number of carbonyl (C=O) groups is 2. The van der Waals surface area contributed by atoms with Crippen molar-refractivity contribution in [1.29, 1.82) is 0 Å². The highest BCUT2D eigenvalue weighted by Gasteiger charge is 2.09. The van der Waals surface area contributed by atoms with E-state index >= 15 is 0 Å². The van der Waals surface area contributed by atoms with Crippen molar-refractivity contribution in [3.63, 3.8) is 0 Å². The molecule has 0 spiro atoms. The van der Waals surface area contributed by atoms with Gasteiger partial charge in [-0.1, -0.05) is 0 Å². The average Bonchev–Trinajstić information content (AvgIpc) is 2.39. The lowest BCUT2D eigenvalue weighted by Crippen LogP contribution is -2.00. The van der Waals surface area contributed by atoms with E-state index in [9.17, 15) is 9.59 Å². The molecule has 0 radical (unpaired) electrons. The Morgan fingerprint density at radius 2 is 1.21 bits per heavy atom. The van der Waals surface area contributed by atoms with Crippen LogP contribution in [-0.2, 0) is 0 Å². The van der Waals surface area contributed by atoms with Gasteiger partial charge in [-0.3, -0.25) is 9.97 Å². The second-order valence-corrected chi connectivity index (χ2v) is 3.47. The van der Waals surface area contributed by atoms with Gasteiger partial charge in [0.15, 0.2) is 0 Å². The van der Waals surface area contributed by atoms with E-state index in [4.69, 9.17) is 10.2 Å². The van der Waals surface area contributed by atoms with Crippen LogP contribution in [-0.4, -0.2) is 32.1 Å². The summed E-state index contributed by atoms with van der Waals surface area (Å²) in [5.41, 5.74) is 0.779. The topological polar surface area (TPSA) is 100 Å². The zero-order valence-electron chi connectivity index (χ0n) is 9.48. The number of hydrogen-bond acceptors (Lipinski definition) is 4. The summed E-state index contributed by atoms with van der Waals surface area (Å²) in [6.45, 7) is 0. The number of carboxylic acids is 2. The Hall–Kier alpha value is -2.47. The maximum atomic E-state index is 10.8. The zero-order valence-corrected chi connectivity index (χ0v) is 10.3. The van der Waals surface area contributed by atoms with Gasteiger partial charge in [-0.25, -0.2) is 9.59 Å². The summed E-state index contributed by atoms with van der Waals surface area (Å²) in [6, 6.07) is 5.40. The summed E-state index contributed by atoms with van der Waals surface area (Å²) in [4.78, 5) is 29.6. The molecule has 0 fully saturated rings. The van der Waals surface area contributed by atoms with Gasteiger partial charge < -0.3 is 10.2 Å². The first-order valence-corrected chi connectivity index (χ1v) is 4.97. The van der Waals surface area contributed by atoms with E-state index in [1.807, 2.05) is 0 Å². The van der Waals surface area contributed by atoms with Gasteiger partial charge >= 0.3 is 11.9 Å². The Bertz CT molecular complexity index is 575. The third-order valence-electron chi connectivity index (χ3n) is 2.28. The lowest BCUT2D eigenvalue weighted by atomic mass is 10.1. The molecule has 0 atom stereocenters. The number of carboxylic acid groups (broad SMARTS) is 2. The van der Waals surface area contributed by atoms with Gasteiger partial charge in [-0.2, -0.15) is 0 Å². The fraction of sp³-hybridized carbons (Fsp3) is 0. The van der Waals surface area contributed by atoms with E-state index in [1.54, 1.807) is 0 Å². The van der Waals surface area contributed by atoms with Gasteiger partial charge in [0.05, 0.1) is 22.5 Å². The van der Waals surface area contributed by atoms with E-state index in [2.05, 4.69) is 9.97 Å². The molecule has 7 heteroatoms. The molecule has 19 heavy (non-hydrogen) atoms. The first kappa shape index (κ1) is 14.6. The van der Waals surface area contributed by atoms with Crippen LogP contribution >= 0.6 is 12.4 Å². The Balaban J connectivity index is 0.00000180. The molecule has 0 saturated carbocycles. The van der Waals surface area contributed by atoms with Crippen LogP contribution in [0.3, 0.4) is 0 Å². The molecule has 2 aromatic heterocycles. The van der Waals surface area contributed by atoms with Gasteiger partial charge in [0, 0.05) is 12.4 Å². The highest BCUT2D eigenvalue weighted by Crippen LogP contribution is 2.16. The summed E-state index contributed by atoms with van der Waals surface area (Å²) < 4.78 is 0. The predicted octanol–water partition coefficient (Wildman–Crippen LogP) is 1.96. The van der Waals surface area contributed by atoms with Crippen LogP contribution in [0, 0.1) is 0 Å². The third kappa shape index (κ3) is 3.26. The van der Waals surface area contributed by atoms with Crippen LogP contribution in [0.25, 0.3) is 11.4 Å². The predicted molar refractivity (Wildman–Crippen MR) is 68.6 cm³/mol. The molecule has 2 rings (SSSR count). The zero-order chi connectivity index (χ0) is 13.1. The number of hydrogen-bond donors (Lipinski definition) is 2. The van der Waals surface area contributed by atoms with E-state index in [0.29, 0.717) is 11.4 Å². The normalized spacial score (nSPS) is 9.47. The third-order valence-corrected chi connectivity index (χ3v) is 2.28. The number of pyridine rings is 2. The van der Waals surface area contributed by atoms with Crippen LogP contribution in [0.1, 0.15) is 20.7 Å². The van der Waals surface area contributed by atoms with Crippen molar-refractivity contribution in [2.24, 2.45) is 0 Å². The SMILES string of the molecule is Cl.O=C(O)c1ccnc(-c2cc(C(=O)O)ccn2)c1. The van der Waals surface area contributed by atoms with Gasteiger partial charge in [0.25, 0.3) is 0 Å². The Kier molecular flexibility index (Phi) is 4.55. The van der Waals surface area contributed by atoms with Crippen LogP contribution < -0.4 is 0 Å². The molecule has 0 aliphatic rings. The van der Waals surface area contributed by atoms with Crippen molar-refractivity contribution in [2.45, 2.75) is 0 Å². The standard InChI is InChI=1S/C12H8N2O4.ClH/c15-11(16)7-1-3-13-9(5-7)10-6-8(12(17)18)2-4-14-10;/h1-6H,(H,15,16)(H,17,18);1H. The molecule has 0 aliphatic heterocycles. The summed E-state index contributed by atoms with van der Waals surface area (Å²) in [5, 5.41) is 17.7. The molecule has 2 aromatic rings. The minimum atomic E-state index is -1.08. The molecule has 98 valence electrons. The number of aromatic nitrogens is 2. The second kappa shape index (κ2) is 5.92. The van der Waals surface area contributed by atoms with Gasteiger partial charge in [0.1, 0.15) is 0 Å². The quantitative estimate of drug-likeness (QED) is 0.891. The molecule has 2 N–H and O–H groups in total. The maximum absolute atomic E-state index is 10.8. The van der Waals surface area contributed by atoms with Crippen molar-refractivity contribution >= 4 is 24.3 Å². The highest BCUT2D eigenvalue weighted by atomic mass is 35.5. The van der Waals surface area contributed by atoms with E-state index < -0.39 is 11.9 Å². The maximum Gasteiger partial charge on any atom is 0.335 e. The molecule has 0 unspecified atom stereocenters. The van der Waals surface area contributed by atoms with Gasteiger partial charge in [-0.05, 0) is 24.3 Å². The van der Waals surface area contributed by atoms with Crippen molar-refractivity contribution in [3.05, 3.63) is 47.8 Å². The second-order valence-electron chi connectivity index (χ2n) is 3.47. The van der Waals surface area contributed by atoms with Gasteiger partial charge in [0.2, 0.25) is 0 Å². The summed E-state index contributed by atoms with van der Waals surface area (Å²) >= 11 is 0. The van der Waals surface area contributed by atoms with Crippen molar-refractivity contribution in [3.8, 4) is 11.4 Å². The lowest BCUT2D eigenvalue weighted by molar-refractivity contribution is 0.0686. The molecular formula is C12H9ClN2O4. The molecule has 0 aliphatic carbocycles. The Labute approximate surface area is 114 Å². The number of halogens is 1. The minimum Gasteiger partial charge on any atom is -0.478 e. The smallest absolute Gasteiger partial charge is 0.335 e. The number of rotatable bonds is 3. The fourth-order valence-electron chi connectivity index (χ4n) is 1.41. The molecule has 0 aromatic carbocycles. The number of nitrogens with zero attached hydrogens (tertiary/aromatic N) is 2. The van der Waals surface area contributed by atoms with E-state index in [-0.39, 0.29) is 23.5 Å². The summed E-state index contributed by atoms with van der Waals surface area (Å²) in [5.74, 6) is -2.15. The molecule has 0 saturated heterocycles. The molecule has 2 heterocycles. The molecular weight excluding hydrogens is 272 g/mol. The van der Waals surface area contributed by atoms with Gasteiger partial charge in [-0.15, -0.1) is 12.4 Å². The first-order chi connectivity index (χ1) is 8.58. The largest absolute Gasteiger partial charge is 0.478 e. The fourth-order valence-corrected chi connectivity index (χ4v) is 1.41. The highest BCUT2D eigenvalue weighted by molar-refractivity contribution is 5.90.